The van der Waals surface area contributed by atoms with Gasteiger partial charge in [0.05, 0.1) is 16.9 Å². The van der Waals surface area contributed by atoms with Gasteiger partial charge in [0.15, 0.2) is 5.78 Å². The number of halogens is 1. The van der Waals surface area contributed by atoms with Gasteiger partial charge in [-0.1, -0.05) is 30.7 Å². The molecule has 1 saturated heterocycles. The molecule has 1 atom stereocenters. The summed E-state index contributed by atoms with van der Waals surface area (Å²) in [6.45, 7) is 0.874. The third kappa shape index (κ3) is 4.98. The van der Waals surface area contributed by atoms with Crippen LogP contribution >= 0.6 is 11.3 Å². The smallest absolute Gasteiger partial charge is 0.409 e. The molecule has 1 aliphatic heterocycles. The van der Waals surface area contributed by atoms with Gasteiger partial charge in [-0.2, -0.15) is 0 Å². The first-order valence-corrected chi connectivity index (χ1v) is 10.8. The summed E-state index contributed by atoms with van der Waals surface area (Å²) in [5.74, 6) is -0.305. The summed E-state index contributed by atoms with van der Waals surface area (Å²) < 4.78 is 18.6. The first-order chi connectivity index (χ1) is 15.0. The van der Waals surface area contributed by atoms with E-state index in [0.29, 0.717) is 21.0 Å². The first-order valence-electron chi connectivity index (χ1n) is 9.97. The largest absolute Gasteiger partial charge is 0.410 e. The normalized spacial score (nSPS) is 16.1. The standard InChI is InChI=1S/C23H21FN3O3S/c24-15-10-8-14(9-11-15)21-20(18(28)13-16-5-3-4-12-26-16)27-22(31-21)17-6-1-2-7-19(17)30-23(25)29/h1-2,6-11,13,16,26H,3-5,12H2,(H2,25,29). The predicted octanol–water partition coefficient (Wildman–Crippen LogP) is 4.60. The van der Waals surface area contributed by atoms with Crippen molar-refractivity contribution in [3.8, 4) is 26.8 Å². The molecule has 0 spiro atoms. The van der Waals surface area contributed by atoms with Crippen molar-refractivity contribution in [1.82, 2.24) is 10.3 Å². The lowest BCUT2D eigenvalue weighted by Crippen LogP contribution is -2.36. The van der Waals surface area contributed by atoms with Crippen LogP contribution in [0.4, 0.5) is 9.18 Å². The van der Waals surface area contributed by atoms with Crippen molar-refractivity contribution in [3.63, 3.8) is 0 Å². The maximum Gasteiger partial charge on any atom is 0.409 e. The Morgan fingerprint density at radius 3 is 2.65 bits per heavy atom. The molecule has 1 aliphatic rings. The second-order valence-corrected chi connectivity index (χ2v) is 8.21. The lowest BCUT2D eigenvalue weighted by molar-refractivity contribution is 0.101. The lowest BCUT2D eigenvalue weighted by Gasteiger charge is -2.22. The summed E-state index contributed by atoms with van der Waals surface area (Å²) in [6, 6.07) is 12.8. The van der Waals surface area contributed by atoms with E-state index in [2.05, 4.69) is 10.3 Å². The van der Waals surface area contributed by atoms with E-state index >= 15 is 0 Å². The van der Waals surface area contributed by atoms with Crippen molar-refractivity contribution in [1.29, 1.82) is 0 Å². The van der Waals surface area contributed by atoms with Gasteiger partial charge in [-0.25, -0.2) is 14.2 Å². The van der Waals surface area contributed by atoms with Gasteiger partial charge in [0, 0.05) is 6.04 Å². The molecule has 159 valence electrons. The molecule has 3 aromatic rings. The third-order valence-electron chi connectivity index (χ3n) is 5.00. The van der Waals surface area contributed by atoms with Gasteiger partial charge in [0.1, 0.15) is 22.3 Å². The van der Waals surface area contributed by atoms with Crippen LogP contribution in [0.1, 0.15) is 29.8 Å². The number of para-hydroxylation sites is 1. The fourth-order valence-corrected chi connectivity index (χ4v) is 4.63. The van der Waals surface area contributed by atoms with E-state index in [1.165, 1.54) is 23.5 Å². The van der Waals surface area contributed by atoms with Crippen LogP contribution in [0.2, 0.25) is 0 Å². The summed E-state index contributed by atoms with van der Waals surface area (Å²) in [5.41, 5.74) is 6.70. The highest BCUT2D eigenvalue weighted by Crippen LogP contribution is 2.39. The Morgan fingerprint density at radius 2 is 1.94 bits per heavy atom. The quantitative estimate of drug-likeness (QED) is 0.549. The number of carbonyl (C=O) groups is 2. The molecular formula is C23H21FN3O3S. The number of Topliss-reactive ketones (excluding diaryl/α,β-unsaturated/α-hetero) is 1. The molecule has 0 bridgehead atoms. The van der Waals surface area contributed by atoms with E-state index in [1.54, 1.807) is 42.8 Å². The summed E-state index contributed by atoms with van der Waals surface area (Å²) in [6.07, 6.45) is 3.78. The van der Waals surface area contributed by atoms with E-state index < -0.39 is 6.09 Å². The van der Waals surface area contributed by atoms with Gasteiger partial charge < -0.3 is 15.8 Å². The number of rotatable bonds is 6. The van der Waals surface area contributed by atoms with Crippen LogP contribution in [-0.4, -0.2) is 29.4 Å². The molecule has 1 radical (unpaired) electrons. The van der Waals surface area contributed by atoms with Gasteiger partial charge in [0.25, 0.3) is 0 Å². The van der Waals surface area contributed by atoms with Crippen LogP contribution in [0.5, 0.6) is 5.75 Å². The zero-order valence-corrected chi connectivity index (χ0v) is 17.5. The molecule has 3 N–H and O–H groups in total. The SMILES string of the molecule is NC(=O)Oc1ccccc1-c1nc(C(=O)[CH]C2CCCCN2)c(-c2ccc(F)cc2)s1. The van der Waals surface area contributed by atoms with E-state index in [1.807, 2.05) is 0 Å². The second-order valence-electron chi connectivity index (χ2n) is 7.21. The number of benzene rings is 2. The zero-order valence-electron chi connectivity index (χ0n) is 16.6. The molecule has 6 nitrogen and oxygen atoms in total. The Hall–Kier alpha value is -3.10. The minimum absolute atomic E-state index is 0.00190. The molecule has 1 aromatic heterocycles. The maximum absolute atomic E-state index is 13.5. The summed E-state index contributed by atoms with van der Waals surface area (Å²) in [4.78, 5) is 29.7. The second kappa shape index (κ2) is 9.36. The topological polar surface area (TPSA) is 94.3 Å². The van der Waals surface area contributed by atoms with Crippen LogP contribution in [0, 0.1) is 12.2 Å². The zero-order chi connectivity index (χ0) is 21.8. The van der Waals surface area contributed by atoms with Crippen molar-refractivity contribution in [3.05, 3.63) is 66.5 Å². The van der Waals surface area contributed by atoms with Crippen molar-refractivity contribution in [2.75, 3.05) is 6.54 Å². The average Bonchev–Trinajstić information content (AvgIpc) is 3.20. The number of nitrogens with two attached hydrogens (primary N) is 1. The van der Waals surface area contributed by atoms with Crippen LogP contribution in [0.15, 0.2) is 48.5 Å². The number of nitrogens with zero attached hydrogens (tertiary/aromatic N) is 1. The van der Waals surface area contributed by atoms with E-state index in [9.17, 15) is 14.0 Å². The molecule has 0 aliphatic carbocycles. The van der Waals surface area contributed by atoms with Crippen LogP contribution < -0.4 is 15.8 Å². The monoisotopic (exact) mass is 438 g/mol. The Bertz CT molecular complexity index is 1090. The summed E-state index contributed by atoms with van der Waals surface area (Å²) in [7, 11) is 0. The number of ether oxygens (including phenoxy) is 1. The van der Waals surface area contributed by atoms with Gasteiger partial charge in [-0.3, -0.25) is 4.79 Å². The average molecular weight is 439 g/mol. The molecule has 1 fully saturated rings. The van der Waals surface area contributed by atoms with E-state index in [-0.39, 0.29) is 29.1 Å². The number of hydrogen-bond donors (Lipinski definition) is 2. The highest BCUT2D eigenvalue weighted by atomic mass is 32.1. The van der Waals surface area contributed by atoms with Gasteiger partial charge in [0.2, 0.25) is 0 Å². The molecule has 0 saturated carbocycles. The fraction of sp³-hybridized carbons (Fsp3) is 0.217. The summed E-state index contributed by atoms with van der Waals surface area (Å²) in [5, 5.41) is 3.84. The van der Waals surface area contributed by atoms with Gasteiger partial charge in [-0.05, 0) is 49.2 Å². The van der Waals surface area contributed by atoms with Gasteiger partial charge >= 0.3 is 6.09 Å². The van der Waals surface area contributed by atoms with Crippen molar-refractivity contribution >= 4 is 23.2 Å². The van der Waals surface area contributed by atoms with Crippen LogP contribution in [0.25, 0.3) is 21.0 Å². The van der Waals surface area contributed by atoms with Gasteiger partial charge in [-0.15, -0.1) is 11.3 Å². The molecule has 2 aromatic carbocycles. The molecule has 31 heavy (non-hydrogen) atoms. The number of thiazole rings is 1. The minimum Gasteiger partial charge on any atom is -0.410 e. The number of hydrogen-bond acceptors (Lipinski definition) is 6. The number of carbonyl (C=O) groups excluding carboxylic acids is 2. The number of amides is 1. The molecule has 1 unspecified atom stereocenters. The number of piperidine rings is 1. The van der Waals surface area contributed by atoms with Crippen molar-refractivity contribution in [2.45, 2.75) is 25.3 Å². The van der Waals surface area contributed by atoms with E-state index in [0.717, 1.165) is 25.8 Å². The number of ketones is 1. The Balaban J connectivity index is 1.74. The minimum atomic E-state index is -0.934. The Labute approximate surface area is 183 Å². The molecule has 1 amide bonds. The Kier molecular flexibility index (Phi) is 6.39. The third-order valence-corrected chi connectivity index (χ3v) is 6.13. The first kappa shape index (κ1) is 21.1. The number of nitrogens with one attached hydrogen (secondary N) is 1. The predicted molar refractivity (Wildman–Crippen MR) is 117 cm³/mol. The fourth-order valence-electron chi connectivity index (χ4n) is 3.52. The van der Waals surface area contributed by atoms with Crippen molar-refractivity contribution < 1.29 is 18.7 Å². The molecular weight excluding hydrogens is 417 g/mol. The molecule has 8 heteroatoms. The summed E-state index contributed by atoms with van der Waals surface area (Å²) >= 11 is 1.28. The highest BCUT2D eigenvalue weighted by molar-refractivity contribution is 7.18. The maximum atomic E-state index is 13.5. The molecule has 2 heterocycles. The van der Waals surface area contributed by atoms with Crippen molar-refractivity contribution in [2.24, 2.45) is 5.73 Å². The lowest BCUT2D eigenvalue weighted by atomic mass is 9.98. The molecule has 4 rings (SSSR count). The van der Waals surface area contributed by atoms with E-state index in [4.69, 9.17) is 10.5 Å². The number of primary amides is 1. The van der Waals surface area contributed by atoms with Crippen LogP contribution in [-0.2, 0) is 0 Å². The number of aromatic nitrogens is 1. The Morgan fingerprint density at radius 1 is 1.16 bits per heavy atom. The highest BCUT2D eigenvalue weighted by Gasteiger charge is 2.25. The van der Waals surface area contributed by atoms with Crippen LogP contribution in [0.3, 0.4) is 0 Å².